The van der Waals surface area contributed by atoms with E-state index in [2.05, 4.69) is 4.98 Å². The van der Waals surface area contributed by atoms with Gasteiger partial charge in [0, 0.05) is 11.9 Å². The lowest BCUT2D eigenvalue weighted by Crippen LogP contribution is -1.96. The number of nitriles is 1. The smallest absolute Gasteiger partial charge is 0.335 e. The third-order valence-corrected chi connectivity index (χ3v) is 3.52. The minimum Gasteiger partial charge on any atom is -0.478 e. The van der Waals surface area contributed by atoms with Crippen LogP contribution in [0.25, 0.3) is 0 Å². The van der Waals surface area contributed by atoms with Crippen molar-refractivity contribution < 1.29 is 14.3 Å². The van der Waals surface area contributed by atoms with E-state index in [1.165, 1.54) is 42.2 Å². The highest BCUT2D eigenvalue weighted by molar-refractivity contribution is 7.98. The Balaban J connectivity index is 2.11. The molecular formula is C14H9FN2O2S. The molecule has 1 N–H and O–H groups in total. The van der Waals surface area contributed by atoms with E-state index in [4.69, 9.17) is 10.4 Å². The third-order valence-electron chi connectivity index (χ3n) is 2.52. The fourth-order valence-electron chi connectivity index (χ4n) is 1.53. The second kappa shape index (κ2) is 6.17. The Labute approximate surface area is 118 Å². The lowest BCUT2D eigenvalue weighted by atomic mass is 10.1. The first-order valence-corrected chi connectivity index (χ1v) is 6.59. The van der Waals surface area contributed by atoms with E-state index in [0.717, 1.165) is 5.56 Å². The number of aromatic carboxylic acids is 1. The molecule has 0 aliphatic carbocycles. The zero-order chi connectivity index (χ0) is 14.5. The highest BCUT2D eigenvalue weighted by atomic mass is 32.2. The Kier molecular flexibility index (Phi) is 4.33. The first-order chi connectivity index (χ1) is 9.60. The van der Waals surface area contributed by atoms with Crippen molar-refractivity contribution in [3.63, 3.8) is 0 Å². The van der Waals surface area contributed by atoms with Crippen LogP contribution in [-0.2, 0) is 5.75 Å². The number of carboxylic acid groups (broad SMARTS) is 1. The van der Waals surface area contributed by atoms with Gasteiger partial charge in [0.05, 0.1) is 16.2 Å². The summed E-state index contributed by atoms with van der Waals surface area (Å²) in [7, 11) is 0. The van der Waals surface area contributed by atoms with Gasteiger partial charge in [0.15, 0.2) is 0 Å². The average molecular weight is 288 g/mol. The molecule has 0 aliphatic heterocycles. The molecule has 0 atom stereocenters. The molecule has 0 bridgehead atoms. The molecule has 0 fully saturated rings. The molecule has 1 aromatic carbocycles. The van der Waals surface area contributed by atoms with E-state index in [0.29, 0.717) is 10.8 Å². The van der Waals surface area contributed by atoms with Crippen LogP contribution in [0.3, 0.4) is 0 Å². The van der Waals surface area contributed by atoms with Gasteiger partial charge in [-0.1, -0.05) is 6.07 Å². The number of benzene rings is 1. The van der Waals surface area contributed by atoms with Crippen LogP contribution >= 0.6 is 11.8 Å². The second-order valence-corrected chi connectivity index (χ2v) is 4.90. The molecule has 0 saturated heterocycles. The number of carbonyl (C=O) groups is 1. The first-order valence-electron chi connectivity index (χ1n) is 5.61. The van der Waals surface area contributed by atoms with Crippen molar-refractivity contribution >= 4 is 17.7 Å². The zero-order valence-electron chi connectivity index (χ0n) is 10.2. The van der Waals surface area contributed by atoms with E-state index in [1.54, 1.807) is 12.1 Å². The van der Waals surface area contributed by atoms with Crippen LogP contribution in [0.4, 0.5) is 4.39 Å². The predicted octanol–water partition coefficient (Wildman–Crippen LogP) is 3.08. The lowest BCUT2D eigenvalue weighted by molar-refractivity contribution is 0.0696. The summed E-state index contributed by atoms with van der Waals surface area (Å²) < 4.78 is 13.2. The first kappa shape index (κ1) is 14.0. The summed E-state index contributed by atoms with van der Waals surface area (Å²) >= 11 is 1.32. The van der Waals surface area contributed by atoms with Gasteiger partial charge in [-0.05, 0) is 29.8 Å². The summed E-state index contributed by atoms with van der Waals surface area (Å²) in [6.45, 7) is 0. The topological polar surface area (TPSA) is 74.0 Å². The molecule has 20 heavy (non-hydrogen) atoms. The highest BCUT2D eigenvalue weighted by Crippen LogP contribution is 2.22. The Morgan fingerprint density at radius 1 is 1.40 bits per heavy atom. The van der Waals surface area contributed by atoms with Crippen LogP contribution in [0.15, 0.2) is 41.6 Å². The maximum absolute atomic E-state index is 13.2. The molecule has 0 radical (unpaired) electrons. The monoisotopic (exact) mass is 288 g/mol. The summed E-state index contributed by atoms with van der Waals surface area (Å²) in [5, 5.41) is 18.2. The Morgan fingerprint density at radius 3 is 2.90 bits per heavy atom. The molecule has 1 aromatic heterocycles. The quantitative estimate of drug-likeness (QED) is 0.875. The Morgan fingerprint density at radius 2 is 2.20 bits per heavy atom. The minimum atomic E-state index is -1.01. The maximum atomic E-state index is 13.2. The van der Waals surface area contributed by atoms with E-state index in [9.17, 15) is 9.18 Å². The zero-order valence-corrected chi connectivity index (χ0v) is 11.0. The van der Waals surface area contributed by atoms with Gasteiger partial charge in [-0.3, -0.25) is 0 Å². The van der Waals surface area contributed by atoms with Gasteiger partial charge >= 0.3 is 5.97 Å². The van der Waals surface area contributed by atoms with Crippen LogP contribution in [-0.4, -0.2) is 16.1 Å². The molecule has 1 heterocycles. The molecule has 0 aliphatic rings. The highest BCUT2D eigenvalue weighted by Gasteiger charge is 2.06. The fraction of sp³-hybridized carbons (Fsp3) is 0.0714. The number of hydrogen-bond donors (Lipinski definition) is 1. The van der Waals surface area contributed by atoms with E-state index in [1.807, 2.05) is 0 Å². The Hall–Kier alpha value is -2.39. The standard InChI is InChI=1S/C14H9FN2O2S/c15-12-2-1-9(5-11(12)7-16)8-20-13-6-10(14(18)19)3-4-17-13/h1-6H,8H2,(H,18,19). The van der Waals surface area contributed by atoms with Crippen molar-refractivity contribution in [2.24, 2.45) is 0 Å². The van der Waals surface area contributed by atoms with Gasteiger partial charge in [0.25, 0.3) is 0 Å². The van der Waals surface area contributed by atoms with Gasteiger partial charge in [0.2, 0.25) is 0 Å². The van der Waals surface area contributed by atoms with Crippen molar-refractivity contribution in [2.75, 3.05) is 0 Å². The van der Waals surface area contributed by atoms with Crippen LogP contribution in [0.2, 0.25) is 0 Å². The summed E-state index contributed by atoms with van der Waals surface area (Å²) in [6, 6.07) is 8.98. The van der Waals surface area contributed by atoms with Crippen molar-refractivity contribution in [2.45, 2.75) is 10.8 Å². The summed E-state index contributed by atoms with van der Waals surface area (Å²) in [5.74, 6) is -1.08. The number of halogens is 1. The number of rotatable bonds is 4. The van der Waals surface area contributed by atoms with Gasteiger partial charge in [-0.15, -0.1) is 11.8 Å². The number of hydrogen-bond acceptors (Lipinski definition) is 4. The minimum absolute atomic E-state index is 0.00431. The number of pyridine rings is 1. The number of thioether (sulfide) groups is 1. The Bertz CT molecular complexity index is 698. The van der Waals surface area contributed by atoms with Crippen LogP contribution < -0.4 is 0 Å². The largest absolute Gasteiger partial charge is 0.478 e. The van der Waals surface area contributed by atoms with E-state index >= 15 is 0 Å². The predicted molar refractivity (Wildman–Crippen MR) is 71.9 cm³/mol. The van der Waals surface area contributed by atoms with Crippen LogP contribution in [0.1, 0.15) is 21.5 Å². The number of nitrogens with zero attached hydrogens (tertiary/aromatic N) is 2. The van der Waals surface area contributed by atoms with E-state index < -0.39 is 11.8 Å². The third kappa shape index (κ3) is 3.33. The fourth-order valence-corrected chi connectivity index (χ4v) is 2.37. The maximum Gasteiger partial charge on any atom is 0.335 e. The average Bonchev–Trinajstić information content (AvgIpc) is 2.46. The molecule has 4 nitrogen and oxygen atoms in total. The van der Waals surface area contributed by atoms with Gasteiger partial charge in [0.1, 0.15) is 11.9 Å². The molecule has 6 heteroatoms. The molecule has 0 unspecified atom stereocenters. The van der Waals surface area contributed by atoms with Crippen LogP contribution in [0, 0.1) is 17.1 Å². The van der Waals surface area contributed by atoms with Crippen molar-refractivity contribution in [3.8, 4) is 6.07 Å². The van der Waals surface area contributed by atoms with Gasteiger partial charge in [-0.2, -0.15) is 5.26 Å². The molecule has 0 saturated carbocycles. The number of aromatic nitrogens is 1. The van der Waals surface area contributed by atoms with Crippen molar-refractivity contribution in [1.82, 2.24) is 4.98 Å². The summed E-state index contributed by atoms with van der Waals surface area (Å²) in [5.41, 5.74) is 0.935. The van der Waals surface area contributed by atoms with Gasteiger partial charge in [-0.25, -0.2) is 14.2 Å². The van der Waals surface area contributed by atoms with Crippen LogP contribution in [0.5, 0.6) is 0 Å². The van der Waals surface area contributed by atoms with Crippen molar-refractivity contribution in [3.05, 3.63) is 59.0 Å². The molecular weight excluding hydrogens is 279 g/mol. The van der Waals surface area contributed by atoms with Gasteiger partial charge < -0.3 is 5.11 Å². The number of carboxylic acids is 1. The summed E-state index contributed by atoms with van der Waals surface area (Å²) in [6.07, 6.45) is 1.43. The van der Waals surface area contributed by atoms with E-state index in [-0.39, 0.29) is 11.1 Å². The lowest BCUT2D eigenvalue weighted by Gasteiger charge is -2.03. The normalized spacial score (nSPS) is 10.0. The molecule has 2 rings (SSSR count). The summed E-state index contributed by atoms with van der Waals surface area (Å²) in [4.78, 5) is 14.9. The molecule has 0 spiro atoms. The molecule has 2 aromatic rings. The molecule has 100 valence electrons. The SMILES string of the molecule is N#Cc1cc(CSc2cc(C(=O)O)ccn2)ccc1F. The molecule has 0 amide bonds. The van der Waals surface area contributed by atoms with Crippen molar-refractivity contribution in [1.29, 1.82) is 5.26 Å². The second-order valence-electron chi connectivity index (χ2n) is 3.90.